The van der Waals surface area contributed by atoms with Gasteiger partial charge in [-0.05, 0) is 17.4 Å². The lowest BCUT2D eigenvalue weighted by molar-refractivity contribution is -0.122. The number of aliphatic hydroxyl groups excluding tert-OH is 1. The van der Waals surface area contributed by atoms with Crippen LogP contribution in [0.25, 0.3) is 0 Å². The Morgan fingerprint density at radius 2 is 2.42 bits per heavy atom. The van der Waals surface area contributed by atoms with Crippen LogP contribution in [0.3, 0.4) is 0 Å². The Kier molecular flexibility index (Phi) is 7.19. The molecule has 1 amide bonds. The standard InChI is InChI=1S/C14H19NO3S/c1-11(10-18-2)8-14(17)15-9-13-12(4-3-6-16)5-7-19-13/h5,7,11,16H,6,8-10H2,1-2H3,(H,15,17). The molecule has 19 heavy (non-hydrogen) atoms. The largest absolute Gasteiger partial charge is 0.384 e. The number of aliphatic hydroxyl groups is 1. The van der Waals surface area contributed by atoms with Gasteiger partial charge < -0.3 is 15.2 Å². The van der Waals surface area contributed by atoms with E-state index in [2.05, 4.69) is 17.2 Å². The van der Waals surface area contributed by atoms with Crippen LogP contribution in [0.15, 0.2) is 11.4 Å². The number of amides is 1. The molecule has 0 radical (unpaired) electrons. The molecule has 2 N–H and O–H groups in total. The lowest BCUT2D eigenvalue weighted by atomic mass is 10.1. The molecular formula is C14H19NO3S. The molecule has 1 heterocycles. The van der Waals surface area contributed by atoms with E-state index in [-0.39, 0.29) is 18.4 Å². The SMILES string of the molecule is COCC(C)CC(=O)NCc1sccc1C#CCO. The first kappa shape index (κ1) is 15.7. The normalized spacial score (nSPS) is 11.5. The molecule has 0 spiro atoms. The van der Waals surface area contributed by atoms with Crippen molar-refractivity contribution in [3.63, 3.8) is 0 Å². The number of nitrogens with one attached hydrogen (secondary N) is 1. The Morgan fingerprint density at radius 3 is 3.11 bits per heavy atom. The second-order valence-electron chi connectivity index (χ2n) is 4.26. The maximum atomic E-state index is 11.7. The molecule has 1 atom stereocenters. The molecular weight excluding hydrogens is 262 g/mol. The molecule has 104 valence electrons. The zero-order chi connectivity index (χ0) is 14.1. The third-order valence-electron chi connectivity index (χ3n) is 2.48. The summed E-state index contributed by atoms with van der Waals surface area (Å²) < 4.78 is 5.00. The zero-order valence-corrected chi connectivity index (χ0v) is 12.0. The number of methoxy groups -OCH3 is 1. The van der Waals surface area contributed by atoms with Gasteiger partial charge in [0.15, 0.2) is 0 Å². The predicted molar refractivity (Wildman–Crippen MR) is 75.8 cm³/mol. The summed E-state index contributed by atoms with van der Waals surface area (Å²) in [6.07, 6.45) is 0.455. The van der Waals surface area contributed by atoms with E-state index in [1.807, 2.05) is 18.4 Å². The van der Waals surface area contributed by atoms with Gasteiger partial charge in [0.25, 0.3) is 0 Å². The summed E-state index contributed by atoms with van der Waals surface area (Å²) in [5.41, 5.74) is 0.865. The smallest absolute Gasteiger partial charge is 0.220 e. The van der Waals surface area contributed by atoms with Crippen LogP contribution in [0.4, 0.5) is 0 Å². The van der Waals surface area contributed by atoms with E-state index >= 15 is 0 Å². The van der Waals surface area contributed by atoms with Gasteiger partial charge in [-0.2, -0.15) is 0 Å². The van der Waals surface area contributed by atoms with Gasteiger partial charge in [0.1, 0.15) is 6.61 Å². The minimum Gasteiger partial charge on any atom is -0.384 e. The van der Waals surface area contributed by atoms with Crippen molar-refractivity contribution in [2.75, 3.05) is 20.3 Å². The van der Waals surface area contributed by atoms with Crippen molar-refractivity contribution in [1.82, 2.24) is 5.32 Å². The van der Waals surface area contributed by atoms with Crippen LogP contribution in [-0.4, -0.2) is 31.3 Å². The first-order valence-corrected chi connectivity index (χ1v) is 6.97. The highest BCUT2D eigenvalue weighted by atomic mass is 32.1. The van der Waals surface area contributed by atoms with Gasteiger partial charge in [0.2, 0.25) is 5.91 Å². The van der Waals surface area contributed by atoms with Crippen molar-refractivity contribution in [3.8, 4) is 11.8 Å². The fourth-order valence-corrected chi connectivity index (χ4v) is 2.40. The van der Waals surface area contributed by atoms with E-state index in [0.29, 0.717) is 19.6 Å². The molecule has 0 aliphatic heterocycles. The van der Waals surface area contributed by atoms with Crippen molar-refractivity contribution in [2.24, 2.45) is 5.92 Å². The molecule has 0 aliphatic rings. The predicted octanol–water partition coefficient (Wildman–Crippen LogP) is 1.38. The average Bonchev–Trinajstić information content (AvgIpc) is 2.81. The van der Waals surface area contributed by atoms with Crippen molar-refractivity contribution in [1.29, 1.82) is 0 Å². The van der Waals surface area contributed by atoms with Crippen LogP contribution in [0.2, 0.25) is 0 Å². The molecule has 0 fully saturated rings. The Labute approximate surface area is 117 Å². The Balaban J connectivity index is 2.44. The van der Waals surface area contributed by atoms with E-state index in [1.54, 1.807) is 18.4 Å². The number of hydrogen-bond donors (Lipinski definition) is 2. The fourth-order valence-electron chi connectivity index (χ4n) is 1.63. The molecule has 1 aromatic heterocycles. The first-order valence-electron chi connectivity index (χ1n) is 6.09. The summed E-state index contributed by atoms with van der Waals surface area (Å²) in [4.78, 5) is 12.7. The van der Waals surface area contributed by atoms with Gasteiger partial charge in [-0.15, -0.1) is 11.3 Å². The van der Waals surface area contributed by atoms with E-state index in [0.717, 1.165) is 10.4 Å². The highest BCUT2D eigenvalue weighted by molar-refractivity contribution is 7.10. The van der Waals surface area contributed by atoms with E-state index in [1.165, 1.54) is 0 Å². The molecule has 0 bridgehead atoms. The number of rotatable bonds is 6. The van der Waals surface area contributed by atoms with Gasteiger partial charge in [0.05, 0.1) is 6.54 Å². The summed E-state index contributed by atoms with van der Waals surface area (Å²) in [7, 11) is 1.63. The number of hydrogen-bond acceptors (Lipinski definition) is 4. The lowest BCUT2D eigenvalue weighted by Crippen LogP contribution is -2.25. The van der Waals surface area contributed by atoms with Crippen LogP contribution in [0, 0.1) is 17.8 Å². The summed E-state index contributed by atoms with van der Waals surface area (Å²) in [5.74, 6) is 5.70. The molecule has 0 saturated carbocycles. The van der Waals surface area contributed by atoms with Gasteiger partial charge in [-0.25, -0.2) is 0 Å². The van der Waals surface area contributed by atoms with Gasteiger partial charge >= 0.3 is 0 Å². The van der Waals surface area contributed by atoms with Crippen molar-refractivity contribution in [3.05, 3.63) is 21.9 Å². The lowest BCUT2D eigenvalue weighted by Gasteiger charge is -2.10. The molecule has 0 aromatic carbocycles. The molecule has 4 nitrogen and oxygen atoms in total. The molecule has 1 rings (SSSR count). The van der Waals surface area contributed by atoms with Crippen LogP contribution in [0.5, 0.6) is 0 Å². The molecule has 5 heteroatoms. The van der Waals surface area contributed by atoms with Crippen LogP contribution >= 0.6 is 11.3 Å². The highest BCUT2D eigenvalue weighted by Gasteiger charge is 2.09. The van der Waals surface area contributed by atoms with Crippen molar-refractivity contribution >= 4 is 17.2 Å². The minimum absolute atomic E-state index is 0.0130. The van der Waals surface area contributed by atoms with Gasteiger partial charge in [-0.3, -0.25) is 4.79 Å². The number of carbonyl (C=O) groups excluding carboxylic acids is 1. The van der Waals surface area contributed by atoms with Crippen LogP contribution in [0.1, 0.15) is 23.8 Å². The van der Waals surface area contributed by atoms with E-state index in [9.17, 15) is 4.79 Å². The van der Waals surface area contributed by atoms with E-state index in [4.69, 9.17) is 9.84 Å². The van der Waals surface area contributed by atoms with Crippen LogP contribution in [-0.2, 0) is 16.1 Å². The highest BCUT2D eigenvalue weighted by Crippen LogP contribution is 2.15. The Bertz CT molecular complexity index is 459. The number of thiophene rings is 1. The quantitative estimate of drug-likeness (QED) is 0.775. The number of ether oxygens (including phenoxy) is 1. The third kappa shape index (κ3) is 5.88. The molecule has 0 aliphatic carbocycles. The number of carbonyl (C=O) groups is 1. The zero-order valence-electron chi connectivity index (χ0n) is 11.2. The molecule has 1 unspecified atom stereocenters. The summed E-state index contributed by atoms with van der Waals surface area (Å²) in [5, 5.41) is 13.5. The summed E-state index contributed by atoms with van der Waals surface area (Å²) in [6, 6.07) is 1.89. The molecule has 1 aromatic rings. The maximum absolute atomic E-state index is 11.7. The fraction of sp³-hybridized carbons (Fsp3) is 0.500. The Morgan fingerprint density at radius 1 is 1.63 bits per heavy atom. The third-order valence-corrected chi connectivity index (χ3v) is 3.40. The van der Waals surface area contributed by atoms with Gasteiger partial charge in [0, 0.05) is 30.6 Å². The monoisotopic (exact) mass is 281 g/mol. The van der Waals surface area contributed by atoms with Crippen molar-refractivity contribution in [2.45, 2.75) is 19.9 Å². The summed E-state index contributed by atoms with van der Waals surface area (Å²) in [6.45, 7) is 2.88. The first-order chi connectivity index (χ1) is 9.17. The maximum Gasteiger partial charge on any atom is 0.220 e. The average molecular weight is 281 g/mol. The topological polar surface area (TPSA) is 58.6 Å². The minimum atomic E-state index is -0.157. The second-order valence-corrected chi connectivity index (χ2v) is 5.26. The molecule has 0 saturated heterocycles. The Hall–Kier alpha value is -1.35. The second kappa shape index (κ2) is 8.70. The van der Waals surface area contributed by atoms with Gasteiger partial charge in [-0.1, -0.05) is 18.8 Å². The van der Waals surface area contributed by atoms with Crippen LogP contribution < -0.4 is 5.32 Å². The van der Waals surface area contributed by atoms with E-state index < -0.39 is 0 Å². The van der Waals surface area contributed by atoms with Crippen molar-refractivity contribution < 1.29 is 14.6 Å². The summed E-state index contributed by atoms with van der Waals surface area (Å²) >= 11 is 1.55.